The number of halogens is 1. The molecular weight excluding hydrogens is 474 g/mol. The van der Waals surface area contributed by atoms with Crippen molar-refractivity contribution in [2.75, 3.05) is 16.3 Å². The van der Waals surface area contributed by atoms with Gasteiger partial charge in [-0.3, -0.25) is 19.3 Å². The fourth-order valence-electron chi connectivity index (χ4n) is 7.13. The molecule has 4 aliphatic heterocycles. The number of para-hydroxylation sites is 1. The molecule has 0 unspecified atom stereocenters. The Bertz CT molecular complexity index is 1430. The van der Waals surface area contributed by atoms with E-state index in [0.29, 0.717) is 23.8 Å². The molecule has 4 atom stereocenters. The first kappa shape index (κ1) is 21.8. The van der Waals surface area contributed by atoms with Gasteiger partial charge in [-0.2, -0.15) is 0 Å². The van der Waals surface area contributed by atoms with Gasteiger partial charge in [-0.05, 0) is 49.2 Å². The number of rotatable bonds is 3. The molecule has 7 heteroatoms. The van der Waals surface area contributed by atoms with Crippen molar-refractivity contribution in [3.8, 4) is 0 Å². The van der Waals surface area contributed by atoms with Gasteiger partial charge in [0.1, 0.15) is 5.54 Å². The van der Waals surface area contributed by atoms with E-state index in [9.17, 15) is 14.4 Å². The lowest BCUT2D eigenvalue weighted by Crippen LogP contribution is -2.55. The van der Waals surface area contributed by atoms with E-state index in [2.05, 4.69) is 4.90 Å². The van der Waals surface area contributed by atoms with Crippen LogP contribution in [0, 0.1) is 11.8 Å². The van der Waals surface area contributed by atoms with E-state index in [0.717, 1.165) is 29.7 Å². The van der Waals surface area contributed by atoms with Crippen LogP contribution in [-0.2, 0) is 26.5 Å². The van der Waals surface area contributed by atoms with E-state index in [-0.39, 0.29) is 23.8 Å². The molecule has 0 aliphatic carbocycles. The highest BCUT2D eigenvalue weighted by molar-refractivity contribution is 6.31. The fourth-order valence-corrected chi connectivity index (χ4v) is 7.32. The highest BCUT2D eigenvalue weighted by atomic mass is 35.5. The average Bonchev–Trinajstić information content (AvgIpc) is 3.59. The second kappa shape index (κ2) is 7.76. The number of imide groups is 1. The lowest BCUT2D eigenvalue weighted by Gasteiger charge is -2.37. The zero-order valence-electron chi connectivity index (χ0n) is 19.5. The minimum absolute atomic E-state index is 0.110. The number of hydrogen-bond donors (Lipinski definition) is 0. The van der Waals surface area contributed by atoms with Gasteiger partial charge in [0.05, 0.1) is 24.1 Å². The van der Waals surface area contributed by atoms with Crippen molar-refractivity contribution in [2.24, 2.45) is 11.8 Å². The van der Waals surface area contributed by atoms with E-state index in [4.69, 9.17) is 11.6 Å². The molecular formula is C29H24ClN3O3. The summed E-state index contributed by atoms with van der Waals surface area (Å²) in [5.41, 5.74) is 1.95. The Hall–Kier alpha value is -3.48. The molecule has 4 heterocycles. The predicted octanol–water partition coefficient (Wildman–Crippen LogP) is 4.37. The largest absolute Gasteiger partial charge is 0.306 e. The highest BCUT2D eigenvalue weighted by Crippen LogP contribution is 2.62. The van der Waals surface area contributed by atoms with Crippen LogP contribution in [0.1, 0.15) is 24.0 Å². The first-order chi connectivity index (χ1) is 17.5. The van der Waals surface area contributed by atoms with E-state index in [1.165, 1.54) is 4.90 Å². The molecule has 3 aromatic carbocycles. The van der Waals surface area contributed by atoms with E-state index >= 15 is 0 Å². The first-order valence-electron chi connectivity index (χ1n) is 12.4. The number of amides is 3. The molecule has 180 valence electrons. The summed E-state index contributed by atoms with van der Waals surface area (Å²) in [5.74, 6) is -1.99. The Labute approximate surface area is 214 Å². The molecule has 7 rings (SSSR count). The average molecular weight is 498 g/mol. The first-order valence-corrected chi connectivity index (χ1v) is 12.8. The monoisotopic (exact) mass is 497 g/mol. The van der Waals surface area contributed by atoms with Gasteiger partial charge in [0.15, 0.2) is 0 Å². The third kappa shape index (κ3) is 2.69. The molecule has 0 N–H and O–H groups in total. The van der Waals surface area contributed by atoms with Gasteiger partial charge in [0, 0.05) is 22.3 Å². The second-order valence-corrected chi connectivity index (χ2v) is 10.5. The number of hydrogen-bond acceptors (Lipinski definition) is 4. The van der Waals surface area contributed by atoms with Crippen LogP contribution in [0.3, 0.4) is 0 Å². The number of fused-ring (bicyclic) bond motifs is 7. The lowest BCUT2D eigenvalue weighted by molar-refractivity contribution is -0.137. The molecule has 0 bridgehead atoms. The third-order valence-electron chi connectivity index (χ3n) is 8.39. The van der Waals surface area contributed by atoms with Gasteiger partial charge in [-0.25, -0.2) is 4.90 Å². The molecule has 6 nitrogen and oxygen atoms in total. The number of anilines is 2. The number of carbonyl (C=O) groups is 3. The number of benzene rings is 3. The molecule has 3 saturated heterocycles. The summed E-state index contributed by atoms with van der Waals surface area (Å²) >= 11 is 6.22. The molecule has 36 heavy (non-hydrogen) atoms. The Balaban J connectivity index is 1.40. The zero-order chi connectivity index (χ0) is 24.6. The Morgan fingerprint density at radius 1 is 0.889 bits per heavy atom. The molecule has 0 saturated carbocycles. The highest BCUT2D eigenvalue weighted by Gasteiger charge is 2.75. The van der Waals surface area contributed by atoms with Crippen LogP contribution in [0.25, 0.3) is 0 Å². The molecule has 0 aromatic heterocycles. The van der Waals surface area contributed by atoms with Crippen molar-refractivity contribution in [3.05, 3.63) is 95.0 Å². The maximum absolute atomic E-state index is 14.6. The van der Waals surface area contributed by atoms with Crippen molar-refractivity contribution < 1.29 is 14.4 Å². The molecule has 3 fully saturated rings. The summed E-state index contributed by atoms with van der Waals surface area (Å²) in [6, 6.07) is 24.3. The predicted molar refractivity (Wildman–Crippen MR) is 136 cm³/mol. The Kier molecular flexibility index (Phi) is 4.69. The number of carbonyl (C=O) groups excluding carboxylic acids is 3. The fraction of sp³-hybridized carbons (Fsp3) is 0.276. The summed E-state index contributed by atoms with van der Waals surface area (Å²) in [4.78, 5) is 47.9. The van der Waals surface area contributed by atoms with Crippen LogP contribution in [0.4, 0.5) is 11.4 Å². The van der Waals surface area contributed by atoms with E-state index in [1.54, 1.807) is 24.3 Å². The SMILES string of the molecule is O=C1[C@@H]2[C@H]3CCCN3[C@]3(C(=O)N(Cc4ccccc4)c4ccccc43)[C@@H]2C(=O)N1c1cccc(Cl)c1. The summed E-state index contributed by atoms with van der Waals surface area (Å²) in [5, 5.41) is 0.457. The quantitative estimate of drug-likeness (QED) is 0.504. The van der Waals surface area contributed by atoms with Crippen LogP contribution in [0.2, 0.25) is 5.02 Å². The van der Waals surface area contributed by atoms with E-state index < -0.39 is 17.4 Å². The maximum atomic E-state index is 14.6. The Morgan fingerprint density at radius 2 is 1.67 bits per heavy atom. The van der Waals surface area contributed by atoms with Crippen molar-refractivity contribution in [1.29, 1.82) is 0 Å². The molecule has 1 spiro atoms. The van der Waals surface area contributed by atoms with Gasteiger partial charge in [-0.15, -0.1) is 0 Å². The van der Waals surface area contributed by atoms with Crippen LogP contribution >= 0.6 is 11.6 Å². The molecule has 0 radical (unpaired) electrons. The van der Waals surface area contributed by atoms with Gasteiger partial charge >= 0.3 is 0 Å². The van der Waals surface area contributed by atoms with Crippen LogP contribution in [0.5, 0.6) is 0 Å². The molecule has 3 aromatic rings. The Morgan fingerprint density at radius 3 is 2.47 bits per heavy atom. The molecule has 4 aliphatic rings. The van der Waals surface area contributed by atoms with Crippen LogP contribution in [0.15, 0.2) is 78.9 Å². The maximum Gasteiger partial charge on any atom is 0.253 e. The molecule has 3 amide bonds. The summed E-state index contributed by atoms with van der Waals surface area (Å²) in [7, 11) is 0. The topological polar surface area (TPSA) is 60.9 Å². The van der Waals surface area contributed by atoms with Gasteiger partial charge in [0.2, 0.25) is 11.8 Å². The summed E-state index contributed by atoms with van der Waals surface area (Å²) < 4.78 is 0. The third-order valence-corrected chi connectivity index (χ3v) is 8.63. The smallest absolute Gasteiger partial charge is 0.253 e. The van der Waals surface area contributed by atoms with Gasteiger partial charge in [0.25, 0.3) is 5.91 Å². The zero-order valence-corrected chi connectivity index (χ0v) is 20.3. The van der Waals surface area contributed by atoms with Crippen molar-refractivity contribution in [1.82, 2.24) is 4.90 Å². The minimum Gasteiger partial charge on any atom is -0.306 e. The summed E-state index contributed by atoms with van der Waals surface area (Å²) in [6.07, 6.45) is 1.68. The van der Waals surface area contributed by atoms with Crippen molar-refractivity contribution >= 4 is 40.7 Å². The van der Waals surface area contributed by atoms with Crippen molar-refractivity contribution in [3.63, 3.8) is 0 Å². The standard InChI is InChI=1S/C29H24ClN3O3/c30-19-10-6-11-20(16-19)33-26(34)24-23-14-7-15-32(23)29(25(24)27(33)35)21-12-4-5-13-22(21)31(28(29)36)17-18-8-2-1-3-9-18/h1-6,8-13,16,23-25H,7,14-15,17H2/t23-,24-,25+,29+/m1/s1. The van der Waals surface area contributed by atoms with Gasteiger partial charge in [-0.1, -0.05) is 66.2 Å². The lowest BCUT2D eigenvalue weighted by atomic mass is 9.75. The second-order valence-electron chi connectivity index (χ2n) is 10.1. The van der Waals surface area contributed by atoms with Crippen molar-refractivity contribution in [2.45, 2.75) is 31.0 Å². The van der Waals surface area contributed by atoms with E-state index in [1.807, 2.05) is 59.5 Å². The minimum atomic E-state index is -1.18. The van der Waals surface area contributed by atoms with Crippen LogP contribution in [-0.4, -0.2) is 35.2 Å². The van der Waals surface area contributed by atoms with Gasteiger partial charge < -0.3 is 4.90 Å². The number of nitrogens with zero attached hydrogens (tertiary/aromatic N) is 3. The summed E-state index contributed by atoms with van der Waals surface area (Å²) in [6.45, 7) is 1.10. The normalized spacial score (nSPS) is 28.8. The van der Waals surface area contributed by atoms with Crippen LogP contribution < -0.4 is 9.80 Å².